The van der Waals surface area contributed by atoms with Gasteiger partial charge in [0.05, 0.1) is 5.60 Å². The van der Waals surface area contributed by atoms with E-state index in [1.165, 1.54) is 19.3 Å². The average Bonchev–Trinajstić information content (AvgIpc) is 2.84. The van der Waals surface area contributed by atoms with Crippen molar-refractivity contribution in [3.05, 3.63) is 0 Å². The van der Waals surface area contributed by atoms with Gasteiger partial charge in [-0.15, -0.1) is 0 Å². The molecule has 2 fully saturated rings. The highest BCUT2D eigenvalue weighted by atomic mass is 16.3. The van der Waals surface area contributed by atoms with Gasteiger partial charge in [0.1, 0.15) is 0 Å². The second kappa shape index (κ2) is 3.21. The zero-order valence-electron chi connectivity index (χ0n) is 9.71. The SMILES string of the molecule is CCN(C1CC1)C1(C)CCCC1(C)O. The molecule has 14 heavy (non-hydrogen) atoms. The topological polar surface area (TPSA) is 23.5 Å². The van der Waals surface area contributed by atoms with Crippen molar-refractivity contribution < 1.29 is 5.11 Å². The molecule has 82 valence electrons. The van der Waals surface area contributed by atoms with E-state index in [4.69, 9.17) is 0 Å². The standard InChI is InChI=1S/C12H23NO/c1-4-13(10-6-7-10)11(2)8-5-9-12(11,3)14/h10,14H,4-9H2,1-3H3. The zero-order chi connectivity index (χ0) is 10.4. The van der Waals surface area contributed by atoms with Crippen molar-refractivity contribution in [1.29, 1.82) is 0 Å². The van der Waals surface area contributed by atoms with Gasteiger partial charge in [-0.25, -0.2) is 0 Å². The first-order chi connectivity index (χ1) is 6.51. The Balaban J connectivity index is 2.19. The van der Waals surface area contributed by atoms with E-state index in [9.17, 15) is 5.11 Å². The summed E-state index contributed by atoms with van der Waals surface area (Å²) in [6.45, 7) is 7.57. The van der Waals surface area contributed by atoms with E-state index >= 15 is 0 Å². The maximum atomic E-state index is 10.4. The molecule has 0 aromatic heterocycles. The van der Waals surface area contributed by atoms with Gasteiger partial charge >= 0.3 is 0 Å². The van der Waals surface area contributed by atoms with E-state index in [2.05, 4.69) is 18.7 Å². The first-order valence-electron chi connectivity index (χ1n) is 6.00. The Morgan fingerprint density at radius 1 is 1.29 bits per heavy atom. The van der Waals surface area contributed by atoms with E-state index in [1.807, 2.05) is 6.92 Å². The van der Waals surface area contributed by atoms with E-state index in [0.717, 1.165) is 25.4 Å². The fraction of sp³-hybridized carbons (Fsp3) is 1.00. The van der Waals surface area contributed by atoms with Crippen molar-refractivity contribution in [2.45, 2.75) is 70.1 Å². The van der Waals surface area contributed by atoms with Gasteiger partial charge in [0.15, 0.2) is 0 Å². The Hall–Kier alpha value is -0.0800. The van der Waals surface area contributed by atoms with E-state index in [1.54, 1.807) is 0 Å². The van der Waals surface area contributed by atoms with Crippen LogP contribution in [0.4, 0.5) is 0 Å². The number of likely N-dealkylation sites (N-methyl/N-ethyl adjacent to an activating group) is 1. The Kier molecular flexibility index (Phi) is 2.39. The van der Waals surface area contributed by atoms with Crippen LogP contribution in [0.1, 0.15) is 52.9 Å². The van der Waals surface area contributed by atoms with Crippen LogP contribution in [0, 0.1) is 0 Å². The van der Waals surface area contributed by atoms with Gasteiger partial charge in [0.2, 0.25) is 0 Å². The molecule has 2 nitrogen and oxygen atoms in total. The molecule has 2 aliphatic rings. The molecular formula is C12H23NO. The van der Waals surface area contributed by atoms with E-state index in [0.29, 0.717) is 0 Å². The van der Waals surface area contributed by atoms with E-state index in [-0.39, 0.29) is 5.54 Å². The molecule has 2 rings (SSSR count). The van der Waals surface area contributed by atoms with Gasteiger partial charge in [-0.1, -0.05) is 6.92 Å². The molecule has 0 aromatic carbocycles. The Morgan fingerprint density at radius 3 is 2.29 bits per heavy atom. The van der Waals surface area contributed by atoms with Gasteiger partial charge in [-0.2, -0.15) is 0 Å². The van der Waals surface area contributed by atoms with Crippen molar-refractivity contribution in [2.75, 3.05) is 6.54 Å². The van der Waals surface area contributed by atoms with Crippen LogP contribution >= 0.6 is 0 Å². The lowest BCUT2D eigenvalue weighted by atomic mass is 9.84. The monoisotopic (exact) mass is 197 g/mol. The normalized spacial score (nSPS) is 43.5. The summed E-state index contributed by atoms with van der Waals surface area (Å²) in [7, 11) is 0. The van der Waals surface area contributed by atoms with Gasteiger partial charge in [-0.3, -0.25) is 4.90 Å². The van der Waals surface area contributed by atoms with Crippen LogP contribution in [0.2, 0.25) is 0 Å². The fourth-order valence-corrected chi connectivity index (χ4v) is 3.16. The summed E-state index contributed by atoms with van der Waals surface area (Å²) in [6.07, 6.45) is 5.96. The summed E-state index contributed by atoms with van der Waals surface area (Å²) >= 11 is 0. The molecule has 0 heterocycles. The third kappa shape index (κ3) is 1.40. The quantitative estimate of drug-likeness (QED) is 0.749. The maximum absolute atomic E-state index is 10.4. The minimum atomic E-state index is -0.481. The number of aliphatic hydroxyl groups is 1. The Labute approximate surface area is 87.3 Å². The van der Waals surface area contributed by atoms with Gasteiger partial charge in [0.25, 0.3) is 0 Å². The van der Waals surface area contributed by atoms with E-state index < -0.39 is 5.60 Å². The second-order valence-corrected chi connectivity index (χ2v) is 5.42. The van der Waals surface area contributed by atoms with Crippen molar-refractivity contribution in [2.24, 2.45) is 0 Å². The van der Waals surface area contributed by atoms with Gasteiger partial charge in [-0.05, 0) is 52.5 Å². The molecule has 2 aliphatic carbocycles. The van der Waals surface area contributed by atoms with Crippen LogP contribution in [0.5, 0.6) is 0 Å². The van der Waals surface area contributed by atoms with Crippen molar-refractivity contribution in [1.82, 2.24) is 4.90 Å². The molecule has 2 heteroatoms. The summed E-state index contributed by atoms with van der Waals surface area (Å²) in [5.74, 6) is 0. The lowest BCUT2D eigenvalue weighted by Gasteiger charge is -2.46. The van der Waals surface area contributed by atoms with Crippen LogP contribution in [-0.2, 0) is 0 Å². The largest absolute Gasteiger partial charge is 0.388 e. The number of nitrogens with zero attached hydrogens (tertiary/aromatic N) is 1. The van der Waals surface area contributed by atoms with Crippen molar-refractivity contribution >= 4 is 0 Å². The number of hydrogen-bond donors (Lipinski definition) is 1. The molecule has 0 aromatic rings. The number of rotatable bonds is 3. The molecule has 1 N–H and O–H groups in total. The van der Waals surface area contributed by atoms with Crippen molar-refractivity contribution in [3.63, 3.8) is 0 Å². The molecule has 0 bridgehead atoms. The van der Waals surface area contributed by atoms with Crippen molar-refractivity contribution in [3.8, 4) is 0 Å². The Morgan fingerprint density at radius 2 is 1.93 bits per heavy atom. The summed E-state index contributed by atoms with van der Waals surface area (Å²) in [5.41, 5.74) is -0.450. The van der Waals surface area contributed by atoms with Crippen LogP contribution in [0.3, 0.4) is 0 Å². The summed E-state index contributed by atoms with van der Waals surface area (Å²) in [5, 5.41) is 10.4. The third-order valence-corrected chi connectivity index (χ3v) is 4.45. The predicted molar refractivity (Wildman–Crippen MR) is 58.3 cm³/mol. The second-order valence-electron chi connectivity index (χ2n) is 5.42. The van der Waals surface area contributed by atoms with Crippen LogP contribution in [0.25, 0.3) is 0 Å². The molecule has 0 radical (unpaired) electrons. The molecule has 0 aliphatic heterocycles. The lowest BCUT2D eigenvalue weighted by Crippen LogP contribution is -2.58. The summed E-state index contributed by atoms with van der Waals surface area (Å²) < 4.78 is 0. The zero-order valence-corrected chi connectivity index (χ0v) is 9.71. The fourth-order valence-electron chi connectivity index (χ4n) is 3.16. The van der Waals surface area contributed by atoms with Crippen LogP contribution in [0.15, 0.2) is 0 Å². The lowest BCUT2D eigenvalue weighted by molar-refractivity contribution is -0.0746. The minimum Gasteiger partial charge on any atom is -0.388 e. The minimum absolute atomic E-state index is 0.0307. The summed E-state index contributed by atoms with van der Waals surface area (Å²) in [4.78, 5) is 2.54. The molecule has 0 spiro atoms. The molecule has 2 atom stereocenters. The van der Waals surface area contributed by atoms with Gasteiger partial charge in [0, 0.05) is 11.6 Å². The highest BCUT2D eigenvalue weighted by Gasteiger charge is 2.53. The first kappa shape index (κ1) is 10.4. The summed E-state index contributed by atoms with van der Waals surface area (Å²) in [6, 6.07) is 0.759. The smallest absolute Gasteiger partial charge is 0.0800 e. The molecule has 2 saturated carbocycles. The number of hydrogen-bond acceptors (Lipinski definition) is 2. The first-order valence-corrected chi connectivity index (χ1v) is 6.00. The van der Waals surface area contributed by atoms with Crippen LogP contribution < -0.4 is 0 Å². The highest BCUT2D eigenvalue weighted by Crippen LogP contribution is 2.47. The molecule has 0 saturated heterocycles. The molecular weight excluding hydrogens is 174 g/mol. The predicted octanol–water partition coefficient (Wildman–Crippen LogP) is 2.16. The molecule has 0 amide bonds. The maximum Gasteiger partial charge on any atom is 0.0800 e. The highest BCUT2D eigenvalue weighted by molar-refractivity contribution is 5.09. The average molecular weight is 197 g/mol. The molecule has 2 unspecified atom stereocenters. The van der Waals surface area contributed by atoms with Crippen LogP contribution in [-0.4, -0.2) is 33.7 Å². The third-order valence-electron chi connectivity index (χ3n) is 4.45. The van der Waals surface area contributed by atoms with Gasteiger partial charge < -0.3 is 5.11 Å². The Bertz CT molecular complexity index is 222.